The molecule has 1 unspecified atom stereocenters. The Hall–Kier alpha value is -4.28. The Labute approximate surface area is 175 Å². The topological polar surface area (TPSA) is 137 Å². The largest absolute Gasteiger partial charge is 0.442 e. The van der Waals surface area contributed by atoms with Crippen LogP contribution < -0.4 is 16.2 Å². The van der Waals surface area contributed by atoms with Crippen molar-refractivity contribution >= 4 is 34.3 Å². The lowest BCUT2D eigenvalue weighted by atomic mass is 10.1. The predicted octanol–water partition coefficient (Wildman–Crippen LogP) is 1.88. The van der Waals surface area contributed by atoms with Crippen LogP contribution in [0.2, 0.25) is 0 Å². The number of hydrogen-bond donors (Lipinski definition) is 2. The van der Waals surface area contributed by atoms with Gasteiger partial charge in [0.2, 0.25) is 11.6 Å². The minimum absolute atomic E-state index is 0.116. The Morgan fingerprint density at radius 1 is 1.10 bits per heavy atom. The maximum absolute atomic E-state index is 12.8. The first-order valence-corrected chi connectivity index (χ1v) is 9.36. The Morgan fingerprint density at radius 2 is 1.77 bits per heavy atom. The maximum atomic E-state index is 12.8. The van der Waals surface area contributed by atoms with Crippen LogP contribution in [-0.2, 0) is 11.8 Å². The van der Waals surface area contributed by atoms with Crippen LogP contribution in [0.15, 0.2) is 52.5 Å². The molecule has 3 aromatic heterocycles. The number of nitrogens with zero attached hydrogens (tertiary/aromatic N) is 5. The molecule has 3 heterocycles. The van der Waals surface area contributed by atoms with Gasteiger partial charge in [0.1, 0.15) is 36.2 Å². The molecule has 0 fully saturated rings. The van der Waals surface area contributed by atoms with Gasteiger partial charge in [0.15, 0.2) is 0 Å². The Kier molecular flexibility index (Phi) is 5.07. The van der Waals surface area contributed by atoms with E-state index < -0.39 is 11.9 Å². The third kappa shape index (κ3) is 3.80. The van der Waals surface area contributed by atoms with E-state index in [-0.39, 0.29) is 28.1 Å². The second kappa shape index (κ2) is 7.86. The summed E-state index contributed by atoms with van der Waals surface area (Å²) in [5.41, 5.74) is 0.930. The van der Waals surface area contributed by atoms with E-state index in [1.807, 2.05) is 0 Å². The van der Waals surface area contributed by atoms with Crippen LogP contribution in [0, 0.1) is 6.92 Å². The number of fused-ring (bicyclic) bond motifs is 1. The lowest BCUT2D eigenvalue weighted by Gasteiger charge is -2.12. The number of aryl methyl sites for hydroxylation is 2. The van der Waals surface area contributed by atoms with Gasteiger partial charge in [-0.1, -0.05) is 0 Å². The molecule has 2 amide bonds. The molecule has 0 spiro atoms. The summed E-state index contributed by atoms with van der Waals surface area (Å²) in [5.74, 6) is -0.446. The lowest BCUT2D eigenvalue weighted by molar-refractivity contribution is -0.119. The van der Waals surface area contributed by atoms with Gasteiger partial charge in [-0.15, -0.1) is 0 Å². The highest BCUT2D eigenvalue weighted by atomic mass is 16.3. The molecule has 0 saturated heterocycles. The van der Waals surface area contributed by atoms with Crippen LogP contribution in [0.5, 0.6) is 0 Å². The molecule has 4 rings (SSSR count). The zero-order valence-electron chi connectivity index (χ0n) is 17.0. The number of nitrogens with one attached hydrogen (secondary N) is 2. The fourth-order valence-corrected chi connectivity index (χ4v) is 3.08. The number of benzene rings is 1. The van der Waals surface area contributed by atoms with E-state index in [9.17, 15) is 14.4 Å². The van der Waals surface area contributed by atoms with E-state index in [1.54, 1.807) is 45.2 Å². The van der Waals surface area contributed by atoms with Crippen LogP contribution >= 0.6 is 0 Å². The van der Waals surface area contributed by atoms with Crippen molar-refractivity contribution in [2.24, 2.45) is 7.05 Å². The molecule has 158 valence electrons. The fraction of sp³-hybridized carbons (Fsp3) is 0.200. The number of aromatic nitrogens is 5. The standard InChI is InChI=1S/C20H19N7O4/c1-11(27-9-21-8-23-27)17(28)24-13-4-6-14(7-5-13)25-18(29)15-12(2)31-19-16(15)20(30)26(3)10-22-19/h4-11H,1-3H3,(H,24,28)(H,25,29). The summed E-state index contributed by atoms with van der Waals surface area (Å²) in [6.07, 6.45) is 4.16. The van der Waals surface area contributed by atoms with Crippen LogP contribution in [0.3, 0.4) is 0 Å². The molecule has 0 bridgehead atoms. The number of furan rings is 1. The van der Waals surface area contributed by atoms with Gasteiger partial charge in [-0.3, -0.25) is 14.4 Å². The van der Waals surface area contributed by atoms with Crippen molar-refractivity contribution in [1.82, 2.24) is 24.3 Å². The molecule has 0 aliphatic heterocycles. The Morgan fingerprint density at radius 3 is 2.42 bits per heavy atom. The van der Waals surface area contributed by atoms with Crippen molar-refractivity contribution in [2.45, 2.75) is 19.9 Å². The normalized spacial score (nSPS) is 12.0. The van der Waals surface area contributed by atoms with E-state index in [0.717, 1.165) is 0 Å². The van der Waals surface area contributed by atoms with Gasteiger partial charge >= 0.3 is 0 Å². The minimum Gasteiger partial charge on any atom is -0.442 e. The quantitative estimate of drug-likeness (QED) is 0.502. The highest BCUT2D eigenvalue weighted by Gasteiger charge is 2.22. The average molecular weight is 421 g/mol. The van der Waals surface area contributed by atoms with Crippen molar-refractivity contribution in [2.75, 3.05) is 10.6 Å². The summed E-state index contributed by atoms with van der Waals surface area (Å²) >= 11 is 0. The summed E-state index contributed by atoms with van der Waals surface area (Å²) in [7, 11) is 1.55. The molecular weight excluding hydrogens is 402 g/mol. The molecule has 11 heteroatoms. The van der Waals surface area contributed by atoms with Gasteiger partial charge in [0.25, 0.3) is 11.5 Å². The Balaban J connectivity index is 1.50. The highest BCUT2D eigenvalue weighted by Crippen LogP contribution is 2.23. The van der Waals surface area contributed by atoms with E-state index in [4.69, 9.17) is 4.42 Å². The SMILES string of the molecule is Cc1oc2ncn(C)c(=O)c2c1C(=O)Nc1ccc(NC(=O)C(C)n2cncn2)cc1. The molecule has 11 nitrogen and oxygen atoms in total. The first kappa shape index (κ1) is 20.0. The van der Waals surface area contributed by atoms with E-state index in [2.05, 4.69) is 25.7 Å². The number of amides is 2. The molecule has 0 aliphatic rings. The molecule has 1 atom stereocenters. The zero-order valence-corrected chi connectivity index (χ0v) is 17.0. The van der Waals surface area contributed by atoms with Crippen LogP contribution in [0.1, 0.15) is 29.1 Å². The van der Waals surface area contributed by atoms with Crippen molar-refractivity contribution in [3.05, 3.63) is 64.9 Å². The molecular formula is C20H19N7O4. The average Bonchev–Trinajstić information content (AvgIpc) is 3.39. The third-order valence-corrected chi connectivity index (χ3v) is 4.80. The van der Waals surface area contributed by atoms with Gasteiger partial charge in [-0.2, -0.15) is 5.10 Å². The first-order chi connectivity index (χ1) is 14.8. The summed E-state index contributed by atoms with van der Waals surface area (Å²) in [5, 5.41) is 9.60. The van der Waals surface area contributed by atoms with Crippen molar-refractivity contribution in [1.29, 1.82) is 0 Å². The zero-order chi connectivity index (χ0) is 22.1. The van der Waals surface area contributed by atoms with E-state index in [1.165, 1.54) is 28.2 Å². The number of carbonyl (C=O) groups excluding carboxylic acids is 2. The molecule has 0 aliphatic carbocycles. The summed E-state index contributed by atoms with van der Waals surface area (Å²) in [6.45, 7) is 3.31. The number of rotatable bonds is 5. The molecule has 31 heavy (non-hydrogen) atoms. The van der Waals surface area contributed by atoms with E-state index >= 15 is 0 Å². The fourth-order valence-electron chi connectivity index (χ4n) is 3.08. The van der Waals surface area contributed by atoms with Gasteiger partial charge in [0, 0.05) is 18.4 Å². The van der Waals surface area contributed by atoms with Gasteiger partial charge < -0.3 is 19.6 Å². The summed E-state index contributed by atoms with van der Waals surface area (Å²) < 4.78 is 8.19. The van der Waals surface area contributed by atoms with Gasteiger partial charge in [-0.25, -0.2) is 14.6 Å². The number of hydrogen-bond acceptors (Lipinski definition) is 7. The third-order valence-electron chi connectivity index (χ3n) is 4.80. The maximum Gasteiger partial charge on any atom is 0.265 e. The monoisotopic (exact) mass is 421 g/mol. The first-order valence-electron chi connectivity index (χ1n) is 9.36. The van der Waals surface area contributed by atoms with Crippen molar-refractivity contribution in [3.63, 3.8) is 0 Å². The van der Waals surface area contributed by atoms with Gasteiger partial charge in [-0.05, 0) is 38.1 Å². The predicted molar refractivity (Wildman–Crippen MR) is 112 cm³/mol. The highest BCUT2D eigenvalue weighted by molar-refractivity contribution is 6.12. The second-order valence-corrected chi connectivity index (χ2v) is 6.95. The second-order valence-electron chi connectivity index (χ2n) is 6.95. The molecule has 2 N–H and O–H groups in total. The van der Waals surface area contributed by atoms with Gasteiger partial charge in [0.05, 0.1) is 5.56 Å². The molecule has 0 saturated carbocycles. The number of anilines is 2. The van der Waals surface area contributed by atoms with Crippen molar-refractivity contribution in [3.8, 4) is 0 Å². The smallest absolute Gasteiger partial charge is 0.265 e. The minimum atomic E-state index is -0.532. The van der Waals surface area contributed by atoms with Crippen molar-refractivity contribution < 1.29 is 14.0 Å². The van der Waals surface area contributed by atoms with Crippen LogP contribution in [-0.4, -0.2) is 36.1 Å². The van der Waals surface area contributed by atoms with Crippen LogP contribution in [0.25, 0.3) is 11.1 Å². The molecule has 4 aromatic rings. The summed E-state index contributed by atoms with van der Waals surface area (Å²) in [4.78, 5) is 45.5. The lowest BCUT2D eigenvalue weighted by Crippen LogP contribution is -2.24. The summed E-state index contributed by atoms with van der Waals surface area (Å²) in [6, 6.07) is 6.06. The molecule has 0 radical (unpaired) electrons. The van der Waals surface area contributed by atoms with E-state index in [0.29, 0.717) is 17.1 Å². The molecule has 1 aromatic carbocycles. The number of carbonyl (C=O) groups is 2. The Bertz CT molecular complexity index is 1320. The van der Waals surface area contributed by atoms with Crippen LogP contribution in [0.4, 0.5) is 11.4 Å².